The molecule has 0 atom stereocenters. The number of amides is 3. The second-order valence-electron chi connectivity index (χ2n) is 6.46. The fourth-order valence-electron chi connectivity index (χ4n) is 3.19. The van der Waals surface area contributed by atoms with Crippen LogP contribution >= 0.6 is 15.9 Å². The van der Waals surface area contributed by atoms with Gasteiger partial charge in [0.1, 0.15) is 12.7 Å². The molecular formula is C20H16BrN5O3. The first-order valence-corrected chi connectivity index (χ1v) is 9.73. The smallest absolute Gasteiger partial charge is 0.261 e. The van der Waals surface area contributed by atoms with Crippen LogP contribution in [0.25, 0.3) is 5.69 Å². The van der Waals surface area contributed by atoms with Crippen LogP contribution in [0.5, 0.6) is 0 Å². The number of hydrogen-bond acceptors (Lipinski definition) is 5. The standard InChI is InChI=1S/C20H16BrN5O3/c21-13-7-8-17(26-12-22-11-23-26)16(10-13)24-18(27)6-3-9-25-19(28)14-4-1-2-5-15(14)20(25)29/h1-2,4-5,7-8,10-12H,3,6,9H2,(H,24,27). The molecule has 0 saturated carbocycles. The fourth-order valence-corrected chi connectivity index (χ4v) is 3.55. The Hall–Kier alpha value is -3.33. The number of carbonyl (C=O) groups excluding carboxylic acids is 3. The lowest BCUT2D eigenvalue weighted by atomic mass is 10.1. The topological polar surface area (TPSA) is 97.2 Å². The van der Waals surface area contributed by atoms with Gasteiger partial charge in [-0.1, -0.05) is 28.1 Å². The van der Waals surface area contributed by atoms with Crippen LogP contribution in [0, 0.1) is 0 Å². The van der Waals surface area contributed by atoms with Gasteiger partial charge in [0.05, 0.1) is 22.5 Å². The van der Waals surface area contributed by atoms with E-state index in [0.717, 1.165) is 4.47 Å². The van der Waals surface area contributed by atoms with Crippen molar-refractivity contribution >= 4 is 39.3 Å². The van der Waals surface area contributed by atoms with Crippen LogP contribution in [-0.2, 0) is 4.79 Å². The molecule has 2 heterocycles. The Morgan fingerprint density at radius 1 is 1.07 bits per heavy atom. The van der Waals surface area contributed by atoms with E-state index in [-0.39, 0.29) is 30.7 Å². The van der Waals surface area contributed by atoms with Crippen molar-refractivity contribution in [2.45, 2.75) is 12.8 Å². The molecule has 0 spiro atoms. The van der Waals surface area contributed by atoms with Crippen molar-refractivity contribution < 1.29 is 14.4 Å². The van der Waals surface area contributed by atoms with Crippen LogP contribution in [0.2, 0.25) is 0 Å². The van der Waals surface area contributed by atoms with Crippen molar-refractivity contribution in [3.05, 3.63) is 70.7 Å². The second-order valence-corrected chi connectivity index (χ2v) is 7.38. The van der Waals surface area contributed by atoms with Gasteiger partial charge in [-0.25, -0.2) is 9.67 Å². The largest absolute Gasteiger partial charge is 0.324 e. The van der Waals surface area contributed by atoms with E-state index in [4.69, 9.17) is 0 Å². The molecule has 146 valence electrons. The summed E-state index contributed by atoms with van der Waals surface area (Å²) in [4.78, 5) is 42.3. The molecule has 0 aliphatic carbocycles. The fraction of sp³-hybridized carbons (Fsp3) is 0.150. The molecule has 3 aromatic rings. The Morgan fingerprint density at radius 2 is 1.79 bits per heavy atom. The summed E-state index contributed by atoms with van der Waals surface area (Å²) in [6.45, 7) is 0.189. The first kappa shape index (κ1) is 19.0. The number of nitrogens with one attached hydrogen (secondary N) is 1. The second kappa shape index (κ2) is 7.96. The lowest BCUT2D eigenvalue weighted by molar-refractivity contribution is -0.116. The number of benzene rings is 2. The Balaban J connectivity index is 1.38. The van der Waals surface area contributed by atoms with E-state index in [1.807, 2.05) is 12.1 Å². The normalized spacial score (nSPS) is 12.9. The van der Waals surface area contributed by atoms with E-state index in [0.29, 0.717) is 28.9 Å². The van der Waals surface area contributed by atoms with Crippen LogP contribution in [0.1, 0.15) is 33.6 Å². The predicted molar refractivity (Wildman–Crippen MR) is 109 cm³/mol. The monoisotopic (exact) mass is 453 g/mol. The molecule has 9 heteroatoms. The highest BCUT2D eigenvalue weighted by Gasteiger charge is 2.34. The molecule has 29 heavy (non-hydrogen) atoms. The minimum absolute atomic E-state index is 0.163. The summed E-state index contributed by atoms with van der Waals surface area (Å²) in [6, 6.07) is 12.2. The highest BCUT2D eigenvalue weighted by molar-refractivity contribution is 9.10. The van der Waals surface area contributed by atoms with Gasteiger partial charge in [-0.3, -0.25) is 19.3 Å². The molecule has 0 saturated heterocycles. The molecule has 0 bridgehead atoms. The van der Waals surface area contributed by atoms with Crippen molar-refractivity contribution in [1.82, 2.24) is 19.7 Å². The molecule has 0 radical (unpaired) electrons. The van der Waals surface area contributed by atoms with E-state index < -0.39 is 0 Å². The molecule has 0 unspecified atom stereocenters. The number of halogens is 1. The minimum atomic E-state index is -0.313. The van der Waals surface area contributed by atoms with Crippen molar-refractivity contribution in [2.75, 3.05) is 11.9 Å². The van der Waals surface area contributed by atoms with Crippen LogP contribution in [0.4, 0.5) is 5.69 Å². The molecule has 1 N–H and O–H groups in total. The average Bonchev–Trinajstić information content (AvgIpc) is 3.32. The summed E-state index contributed by atoms with van der Waals surface area (Å²) in [5.41, 5.74) is 2.08. The summed E-state index contributed by atoms with van der Waals surface area (Å²) < 4.78 is 2.36. The molecule has 1 aliphatic heterocycles. The minimum Gasteiger partial charge on any atom is -0.324 e. The Bertz CT molecular complexity index is 1060. The third-order valence-corrected chi connectivity index (χ3v) is 5.06. The van der Waals surface area contributed by atoms with Gasteiger partial charge in [-0.15, -0.1) is 0 Å². The maximum atomic E-state index is 12.4. The van der Waals surface area contributed by atoms with Crippen molar-refractivity contribution in [2.24, 2.45) is 0 Å². The summed E-state index contributed by atoms with van der Waals surface area (Å²) >= 11 is 3.40. The quantitative estimate of drug-likeness (QED) is 0.578. The van der Waals surface area contributed by atoms with Gasteiger partial charge in [0.15, 0.2) is 0 Å². The van der Waals surface area contributed by atoms with Gasteiger partial charge >= 0.3 is 0 Å². The van der Waals surface area contributed by atoms with Gasteiger partial charge in [0.2, 0.25) is 5.91 Å². The molecule has 4 rings (SSSR count). The SMILES string of the molecule is O=C(CCCN1C(=O)c2ccccc2C1=O)Nc1cc(Br)ccc1-n1cncn1. The van der Waals surface area contributed by atoms with E-state index >= 15 is 0 Å². The highest BCUT2D eigenvalue weighted by atomic mass is 79.9. The summed E-state index contributed by atoms with van der Waals surface area (Å²) in [5.74, 6) is -0.848. The molecule has 0 fully saturated rings. The number of aromatic nitrogens is 3. The first-order chi connectivity index (χ1) is 14.0. The van der Waals surface area contributed by atoms with Gasteiger partial charge in [-0.2, -0.15) is 5.10 Å². The third kappa shape index (κ3) is 3.81. The maximum absolute atomic E-state index is 12.4. The highest BCUT2D eigenvalue weighted by Crippen LogP contribution is 2.25. The summed E-state index contributed by atoms with van der Waals surface area (Å²) in [5, 5.41) is 6.95. The van der Waals surface area contributed by atoms with Crippen molar-refractivity contribution in [3.63, 3.8) is 0 Å². The van der Waals surface area contributed by atoms with Gasteiger partial charge in [0, 0.05) is 17.4 Å². The van der Waals surface area contributed by atoms with E-state index in [2.05, 4.69) is 31.3 Å². The van der Waals surface area contributed by atoms with Crippen molar-refractivity contribution in [1.29, 1.82) is 0 Å². The molecule has 3 amide bonds. The summed E-state index contributed by atoms with van der Waals surface area (Å²) in [6.07, 6.45) is 3.48. The number of anilines is 1. The van der Waals surface area contributed by atoms with E-state index in [1.165, 1.54) is 11.2 Å². The summed E-state index contributed by atoms with van der Waals surface area (Å²) in [7, 11) is 0. The van der Waals surface area contributed by atoms with Crippen molar-refractivity contribution in [3.8, 4) is 5.69 Å². The number of nitrogens with zero attached hydrogens (tertiary/aromatic N) is 4. The lowest BCUT2D eigenvalue weighted by Crippen LogP contribution is -2.31. The average molecular weight is 454 g/mol. The molecule has 1 aliphatic rings. The zero-order valence-corrected chi connectivity index (χ0v) is 16.8. The number of carbonyl (C=O) groups is 3. The number of rotatable bonds is 6. The Kier molecular flexibility index (Phi) is 5.22. The molecule has 2 aromatic carbocycles. The Labute approximate surface area is 174 Å². The van der Waals surface area contributed by atoms with Crippen LogP contribution in [0.15, 0.2) is 59.6 Å². The number of imide groups is 1. The number of fused-ring (bicyclic) bond motifs is 1. The lowest BCUT2D eigenvalue weighted by Gasteiger charge is -2.14. The van der Waals surface area contributed by atoms with Crippen LogP contribution in [0.3, 0.4) is 0 Å². The van der Waals surface area contributed by atoms with Gasteiger partial charge < -0.3 is 5.32 Å². The number of hydrogen-bond donors (Lipinski definition) is 1. The van der Waals surface area contributed by atoms with E-state index in [1.54, 1.807) is 41.3 Å². The van der Waals surface area contributed by atoms with E-state index in [9.17, 15) is 14.4 Å². The Morgan fingerprint density at radius 3 is 2.45 bits per heavy atom. The molecule has 1 aromatic heterocycles. The van der Waals surface area contributed by atoms with Gasteiger partial charge in [0.25, 0.3) is 11.8 Å². The third-order valence-electron chi connectivity index (χ3n) is 4.56. The predicted octanol–water partition coefficient (Wildman–Crippen LogP) is 3.04. The zero-order valence-electron chi connectivity index (χ0n) is 15.2. The van der Waals surface area contributed by atoms with Crippen LogP contribution < -0.4 is 5.32 Å². The molecular weight excluding hydrogens is 438 g/mol. The first-order valence-electron chi connectivity index (χ1n) is 8.94. The van der Waals surface area contributed by atoms with Gasteiger partial charge in [-0.05, 0) is 36.8 Å². The maximum Gasteiger partial charge on any atom is 0.261 e. The van der Waals surface area contributed by atoms with Crippen LogP contribution in [-0.4, -0.2) is 43.9 Å². The zero-order chi connectivity index (χ0) is 20.4. The molecule has 8 nitrogen and oxygen atoms in total.